The van der Waals surface area contributed by atoms with Crippen LogP contribution in [0.4, 0.5) is 25.3 Å². The SMILES string of the molecule is O=C1COc2ccc(-c3csc(Nc4ccc(F)cc4F)n3)cc2N1. The molecule has 2 heterocycles. The molecule has 0 aliphatic carbocycles. The Morgan fingerprint density at radius 2 is 2.08 bits per heavy atom. The molecule has 0 fully saturated rings. The van der Waals surface area contributed by atoms with Crippen molar-refractivity contribution in [3.05, 3.63) is 53.4 Å². The van der Waals surface area contributed by atoms with Gasteiger partial charge in [0.15, 0.2) is 11.7 Å². The third-order valence-corrected chi connectivity index (χ3v) is 4.34. The van der Waals surface area contributed by atoms with Crippen LogP contribution >= 0.6 is 11.3 Å². The fourth-order valence-electron chi connectivity index (χ4n) is 2.41. The molecule has 5 nitrogen and oxygen atoms in total. The fraction of sp³-hybridized carbons (Fsp3) is 0.0588. The van der Waals surface area contributed by atoms with E-state index in [2.05, 4.69) is 15.6 Å². The zero-order valence-electron chi connectivity index (χ0n) is 12.7. The quantitative estimate of drug-likeness (QED) is 0.737. The van der Waals surface area contributed by atoms with Crippen LogP contribution in [0.25, 0.3) is 11.3 Å². The second kappa shape index (κ2) is 6.14. The number of carbonyl (C=O) groups excluding carboxylic acids is 1. The molecule has 0 bridgehead atoms. The van der Waals surface area contributed by atoms with Crippen LogP contribution in [0.15, 0.2) is 41.8 Å². The number of halogens is 2. The summed E-state index contributed by atoms with van der Waals surface area (Å²) in [7, 11) is 0. The number of amides is 1. The number of benzene rings is 2. The lowest BCUT2D eigenvalue weighted by Crippen LogP contribution is -2.25. The maximum atomic E-state index is 13.7. The smallest absolute Gasteiger partial charge is 0.262 e. The highest BCUT2D eigenvalue weighted by molar-refractivity contribution is 7.14. The first-order chi connectivity index (χ1) is 12.1. The van der Waals surface area contributed by atoms with Crippen molar-refractivity contribution in [2.45, 2.75) is 0 Å². The number of nitrogens with one attached hydrogen (secondary N) is 2. The van der Waals surface area contributed by atoms with E-state index in [0.29, 0.717) is 22.3 Å². The molecule has 1 aromatic heterocycles. The molecule has 0 spiro atoms. The van der Waals surface area contributed by atoms with Crippen molar-refractivity contribution in [3.63, 3.8) is 0 Å². The van der Waals surface area contributed by atoms with E-state index >= 15 is 0 Å². The van der Waals surface area contributed by atoms with Crippen molar-refractivity contribution in [1.29, 1.82) is 0 Å². The van der Waals surface area contributed by atoms with Gasteiger partial charge >= 0.3 is 0 Å². The Kier molecular flexibility index (Phi) is 3.81. The molecule has 1 aliphatic heterocycles. The number of ether oxygens (including phenoxy) is 1. The molecule has 0 radical (unpaired) electrons. The predicted molar refractivity (Wildman–Crippen MR) is 91.3 cm³/mol. The monoisotopic (exact) mass is 359 g/mol. The van der Waals surface area contributed by atoms with Gasteiger partial charge in [0.1, 0.15) is 17.4 Å². The molecule has 0 atom stereocenters. The van der Waals surface area contributed by atoms with Gasteiger partial charge in [0.2, 0.25) is 0 Å². The summed E-state index contributed by atoms with van der Waals surface area (Å²) >= 11 is 1.29. The van der Waals surface area contributed by atoms with Gasteiger partial charge in [0.25, 0.3) is 5.91 Å². The first kappa shape index (κ1) is 15.5. The van der Waals surface area contributed by atoms with E-state index in [9.17, 15) is 13.6 Å². The van der Waals surface area contributed by atoms with Gasteiger partial charge in [0.05, 0.1) is 17.1 Å². The number of carbonyl (C=O) groups is 1. The molecule has 4 rings (SSSR count). The van der Waals surface area contributed by atoms with Crippen molar-refractivity contribution in [2.75, 3.05) is 17.2 Å². The van der Waals surface area contributed by atoms with Gasteiger partial charge < -0.3 is 15.4 Å². The van der Waals surface area contributed by atoms with Crippen LogP contribution in [0, 0.1) is 11.6 Å². The largest absolute Gasteiger partial charge is 0.482 e. The van der Waals surface area contributed by atoms with Crippen molar-refractivity contribution in [3.8, 4) is 17.0 Å². The van der Waals surface area contributed by atoms with E-state index in [1.165, 1.54) is 23.5 Å². The second-order valence-electron chi connectivity index (χ2n) is 5.33. The fourth-order valence-corrected chi connectivity index (χ4v) is 3.14. The molecule has 0 saturated heterocycles. The molecule has 2 N–H and O–H groups in total. The summed E-state index contributed by atoms with van der Waals surface area (Å²) < 4.78 is 32.0. The van der Waals surface area contributed by atoms with Crippen molar-refractivity contribution < 1.29 is 18.3 Å². The number of hydrogen-bond donors (Lipinski definition) is 2. The Morgan fingerprint density at radius 3 is 2.92 bits per heavy atom. The van der Waals surface area contributed by atoms with Crippen LogP contribution in [0.3, 0.4) is 0 Å². The van der Waals surface area contributed by atoms with Gasteiger partial charge in [-0.15, -0.1) is 11.3 Å². The second-order valence-corrected chi connectivity index (χ2v) is 6.19. The van der Waals surface area contributed by atoms with Gasteiger partial charge in [-0.3, -0.25) is 4.79 Å². The first-order valence-corrected chi connectivity index (χ1v) is 8.21. The number of hydrogen-bond acceptors (Lipinski definition) is 5. The standard InChI is InChI=1S/C17H11F2N3O2S/c18-10-2-3-12(11(19)6-10)21-17-22-14(8-25-17)9-1-4-15-13(5-9)20-16(23)7-24-15/h1-6,8H,7H2,(H,20,23)(H,21,22). The number of rotatable bonds is 3. The number of nitrogens with zero attached hydrogens (tertiary/aromatic N) is 1. The molecule has 1 amide bonds. The molecule has 25 heavy (non-hydrogen) atoms. The highest BCUT2D eigenvalue weighted by atomic mass is 32.1. The van der Waals surface area contributed by atoms with Crippen molar-refractivity contribution in [1.82, 2.24) is 4.98 Å². The van der Waals surface area contributed by atoms with Gasteiger partial charge in [-0.2, -0.15) is 0 Å². The van der Waals surface area contributed by atoms with Gasteiger partial charge in [-0.25, -0.2) is 13.8 Å². The Morgan fingerprint density at radius 1 is 1.20 bits per heavy atom. The zero-order valence-corrected chi connectivity index (χ0v) is 13.5. The summed E-state index contributed by atoms with van der Waals surface area (Å²) in [6.45, 7) is 0.000347. The van der Waals surface area contributed by atoms with E-state index in [0.717, 1.165) is 11.6 Å². The maximum absolute atomic E-state index is 13.7. The van der Waals surface area contributed by atoms with E-state index in [1.54, 1.807) is 17.5 Å². The average molecular weight is 359 g/mol. The van der Waals surface area contributed by atoms with Crippen LogP contribution < -0.4 is 15.4 Å². The molecule has 1 aliphatic rings. The predicted octanol–water partition coefficient (Wildman–Crippen LogP) is 4.16. The van der Waals surface area contributed by atoms with E-state index in [-0.39, 0.29) is 18.2 Å². The highest BCUT2D eigenvalue weighted by Crippen LogP contribution is 2.34. The minimum atomic E-state index is -0.689. The molecule has 2 aromatic carbocycles. The zero-order chi connectivity index (χ0) is 17.4. The summed E-state index contributed by atoms with van der Waals surface area (Å²) in [5, 5.41) is 7.84. The van der Waals surface area contributed by atoms with E-state index < -0.39 is 11.6 Å². The lowest BCUT2D eigenvalue weighted by molar-refractivity contribution is -0.118. The molecule has 0 saturated carbocycles. The molecule has 0 unspecified atom stereocenters. The number of anilines is 3. The third-order valence-electron chi connectivity index (χ3n) is 3.59. The minimum Gasteiger partial charge on any atom is -0.482 e. The molecule has 8 heteroatoms. The Bertz CT molecular complexity index is 974. The van der Waals surface area contributed by atoms with Crippen LogP contribution in [-0.4, -0.2) is 17.5 Å². The highest BCUT2D eigenvalue weighted by Gasteiger charge is 2.17. The summed E-state index contributed by atoms with van der Waals surface area (Å²) in [4.78, 5) is 15.8. The molecular formula is C17H11F2N3O2S. The normalized spacial score (nSPS) is 13.0. The lowest BCUT2D eigenvalue weighted by atomic mass is 10.1. The maximum Gasteiger partial charge on any atom is 0.262 e. The first-order valence-electron chi connectivity index (χ1n) is 7.33. The van der Waals surface area contributed by atoms with Crippen molar-refractivity contribution >= 4 is 33.8 Å². The van der Waals surface area contributed by atoms with Gasteiger partial charge in [-0.1, -0.05) is 0 Å². The van der Waals surface area contributed by atoms with Gasteiger partial charge in [0, 0.05) is 17.0 Å². The summed E-state index contributed by atoms with van der Waals surface area (Å²) in [5.74, 6) is -0.936. The van der Waals surface area contributed by atoms with E-state index in [1.807, 2.05) is 6.07 Å². The Balaban J connectivity index is 1.59. The number of fused-ring (bicyclic) bond motifs is 1. The summed E-state index contributed by atoms with van der Waals surface area (Å²) in [6.07, 6.45) is 0. The topological polar surface area (TPSA) is 63.2 Å². The molecule has 3 aromatic rings. The molecule has 126 valence electrons. The minimum absolute atomic E-state index is 0.000347. The summed E-state index contributed by atoms with van der Waals surface area (Å²) in [6, 6.07) is 8.65. The Labute approximate surface area is 145 Å². The van der Waals surface area contributed by atoms with E-state index in [4.69, 9.17) is 4.74 Å². The number of aromatic nitrogens is 1. The number of thiazole rings is 1. The Hall–Kier alpha value is -3.00. The van der Waals surface area contributed by atoms with Crippen molar-refractivity contribution in [2.24, 2.45) is 0 Å². The van der Waals surface area contributed by atoms with Crippen LogP contribution in [0.1, 0.15) is 0 Å². The summed E-state index contributed by atoms with van der Waals surface area (Å²) in [5.41, 5.74) is 2.18. The average Bonchev–Trinajstić information content (AvgIpc) is 3.05. The van der Waals surface area contributed by atoms with Gasteiger partial charge in [-0.05, 0) is 30.3 Å². The van der Waals surface area contributed by atoms with Crippen LogP contribution in [-0.2, 0) is 4.79 Å². The molecular weight excluding hydrogens is 348 g/mol. The van der Waals surface area contributed by atoms with Crippen LogP contribution in [0.2, 0.25) is 0 Å². The van der Waals surface area contributed by atoms with Crippen LogP contribution in [0.5, 0.6) is 5.75 Å². The lowest BCUT2D eigenvalue weighted by Gasteiger charge is -2.18. The third kappa shape index (κ3) is 3.16.